The van der Waals surface area contributed by atoms with E-state index < -0.39 is 0 Å². The van der Waals surface area contributed by atoms with Gasteiger partial charge < -0.3 is 20.7 Å². The summed E-state index contributed by atoms with van der Waals surface area (Å²) >= 11 is 0. The molecule has 88 valence electrons. The molecule has 0 saturated carbocycles. The summed E-state index contributed by atoms with van der Waals surface area (Å²) in [5.41, 5.74) is 0.739. The highest BCUT2D eigenvalue weighted by Gasteiger charge is 2.00. The lowest BCUT2D eigenvalue weighted by Gasteiger charge is -2.07. The number of hydrogen-bond acceptors (Lipinski definition) is 3. The summed E-state index contributed by atoms with van der Waals surface area (Å²) in [7, 11) is 3.44. The molecule has 0 unspecified atom stereocenters. The Balaban J connectivity index is 2.37. The van der Waals surface area contributed by atoms with Gasteiger partial charge in [-0.05, 0) is 31.3 Å². The van der Waals surface area contributed by atoms with Gasteiger partial charge in [0.1, 0.15) is 5.75 Å². The van der Waals surface area contributed by atoms with Gasteiger partial charge in [0.05, 0.1) is 7.11 Å². The van der Waals surface area contributed by atoms with Crippen molar-refractivity contribution in [1.29, 1.82) is 0 Å². The third kappa shape index (κ3) is 4.18. The number of nitrogens with one attached hydrogen (secondary N) is 3. The first-order valence-electron chi connectivity index (χ1n) is 5.09. The molecule has 0 fully saturated rings. The lowest BCUT2D eigenvalue weighted by atomic mass is 10.3. The molecule has 1 aromatic carbocycles. The molecule has 5 heteroatoms. The van der Waals surface area contributed by atoms with Crippen molar-refractivity contribution in [2.24, 2.45) is 0 Å². The third-order valence-corrected chi connectivity index (χ3v) is 2.01. The number of benzene rings is 1. The SMILES string of the molecule is CNCCNC(=O)Nc1ccc(OC)cc1. The molecule has 3 N–H and O–H groups in total. The van der Waals surface area contributed by atoms with Gasteiger partial charge in [0.15, 0.2) is 0 Å². The minimum atomic E-state index is -0.208. The van der Waals surface area contributed by atoms with Crippen molar-refractivity contribution in [2.75, 3.05) is 32.6 Å². The number of ether oxygens (including phenoxy) is 1. The molecule has 1 rings (SSSR count). The highest BCUT2D eigenvalue weighted by molar-refractivity contribution is 5.89. The van der Waals surface area contributed by atoms with E-state index >= 15 is 0 Å². The predicted octanol–water partition coefficient (Wildman–Crippen LogP) is 1.04. The van der Waals surface area contributed by atoms with Crippen LogP contribution in [0.25, 0.3) is 0 Å². The van der Waals surface area contributed by atoms with Crippen LogP contribution in [0.4, 0.5) is 10.5 Å². The number of likely N-dealkylation sites (N-methyl/N-ethyl adjacent to an activating group) is 1. The molecule has 0 aliphatic rings. The second-order valence-corrected chi connectivity index (χ2v) is 3.21. The first kappa shape index (κ1) is 12.3. The topological polar surface area (TPSA) is 62.4 Å². The zero-order valence-corrected chi connectivity index (χ0v) is 9.54. The molecule has 2 amide bonds. The molecule has 16 heavy (non-hydrogen) atoms. The van der Waals surface area contributed by atoms with Crippen molar-refractivity contribution >= 4 is 11.7 Å². The van der Waals surface area contributed by atoms with Crippen LogP contribution in [-0.4, -0.2) is 33.3 Å². The number of hydrogen-bond donors (Lipinski definition) is 3. The fourth-order valence-corrected chi connectivity index (χ4v) is 1.15. The molecule has 5 nitrogen and oxygen atoms in total. The van der Waals surface area contributed by atoms with Crippen molar-refractivity contribution in [3.8, 4) is 5.75 Å². The normalized spacial score (nSPS) is 9.62. The number of methoxy groups -OCH3 is 1. The van der Waals surface area contributed by atoms with Gasteiger partial charge in [-0.15, -0.1) is 0 Å². The first-order valence-corrected chi connectivity index (χ1v) is 5.09. The van der Waals surface area contributed by atoms with Crippen molar-refractivity contribution < 1.29 is 9.53 Å². The van der Waals surface area contributed by atoms with Crippen LogP contribution in [-0.2, 0) is 0 Å². The Morgan fingerprint density at radius 3 is 2.50 bits per heavy atom. The van der Waals surface area contributed by atoms with E-state index in [1.807, 2.05) is 7.05 Å². The zero-order chi connectivity index (χ0) is 11.8. The molecule has 0 aromatic heterocycles. The molecular formula is C11H17N3O2. The second kappa shape index (κ2) is 6.68. The summed E-state index contributed by atoms with van der Waals surface area (Å²) in [6.07, 6.45) is 0. The number of carbonyl (C=O) groups is 1. The highest BCUT2D eigenvalue weighted by atomic mass is 16.5. The molecule has 0 atom stereocenters. The lowest BCUT2D eigenvalue weighted by molar-refractivity contribution is 0.252. The summed E-state index contributed by atoms with van der Waals surface area (Å²) in [5.74, 6) is 0.765. The van der Waals surface area contributed by atoms with Gasteiger partial charge in [-0.3, -0.25) is 0 Å². The van der Waals surface area contributed by atoms with Crippen LogP contribution in [0.3, 0.4) is 0 Å². The van der Waals surface area contributed by atoms with Crippen LogP contribution < -0.4 is 20.7 Å². The van der Waals surface area contributed by atoms with Crippen LogP contribution in [0.1, 0.15) is 0 Å². The van der Waals surface area contributed by atoms with E-state index in [1.165, 1.54) is 0 Å². The number of rotatable bonds is 5. The number of anilines is 1. The van der Waals surface area contributed by atoms with Gasteiger partial charge in [0.25, 0.3) is 0 Å². The molecule has 1 aromatic rings. The monoisotopic (exact) mass is 223 g/mol. The lowest BCUT2D eigenvalue weighted by Crippen LogP contribution is -2.33. The van der Waals surface area contributed by atoms with Crippen molar-refractivity contribution in [3.05, 3.63) is 24.3 Å². The Labute approximate surface area is 95.2 Å². The predicted molar refractivity (Wildman–Crippen MR) is 63.9 cm³/mol. The third-order valence-electron chi connectivity index (χ3n) is 2.01. The summed E-state index contributed by atoms with van der Waals surface area (Å²) in [5, 5.41) is 8.38. The van der Waals surface area contributed by atoms with Crippen molar-refractivity contribution in [1.82, 2.24) is 10.6 Å². The van der Waals surface area contributed by atoms with Crippen LogP contribution in [0.2, 0.25) is 0 Å². The fraction of sp³-hybridized carbons (Fsp3) is 0.364. The molecule has 0 heterocycles. The van der Waals surface area contributed by atoms with E-state index in [4.69, 9.17) is 4.74 Å². The molecule has 0 spiro atoms. The quantitative estimate of drug-likeness (QED) is 0.653. The average molecular weight is 223 g/mol. The summed E-state index contributed by atoms with van der Waals surface area (Å²) in [6.45, 7) is 1.34. The van der Waals surface area contributed by atoms with E-state index in [0.29, 0.717) is 6.54 Å². The smallest absolute Gasteiger partial charge is 0.319 e. The van der Waals surface area contributed by atoms with Gasteiger partial charge in [-0.2, -0.15) is 0 Å². The van der Waals surface area contributed by atoms with E-state index in [0.717, 1.165) is 18.0 Å². The number of urea groups is 1. The minimum Gasteiger partial charge on any atom is -0.497 e. The molecule has 0 radical (unpaired) electrons. The first-order chi connectivity index (χ1) is 7.76. The Morgan fingerprint density at radius 2 is 1.94 bits per heavy atom. The van der Waals surface area contributed by atoms with Crippen LogP contribution >= 0.6 is 0 Å². The summed E-state index contributed by atoms with van der Waals surface area (Å²) < 4.78 is 5.02. The summed E-state index contributed by atoms with van der Waals surface area (Å²) in [4.78, 5) is 11.4. The van der Waals surface area contributed by atoms with Crippen LogP contribution in [0.5, 0.6) is 5.75 Å². The molecule has 0 aliphatic heterocycles. The molecule has 0 saturated heterocycles. The largest absolute Gasteiger partial charge is 0.497 e. The Bertz CT molecular complexity index is 325. The molecule has 0 aliphatic carbocycles. The van der Waals surface area contributed by atoms with E-state index in [-0.39, 0.29) is 6.03 Å². The van der Waals surface area contributed by atoms with Gasteiger partial charge in [-0.25, -0.2) is 4.79 Å². The summed E-state index contributed by atoms with van der Waals surface area (Å²) in [6, 6.07) is 6.96. The maximum atomic E-state index is 11.4. The Kier molecular flexibility index (Phi) is 5.15. The van der Waals surface area contributed by atoms with Gasteiger partial charge in [0.2, 0.25) is 0 Å². The van der Waals surface area contributed by atoms with Crippen molar-refractivity contribution in [3.63, 3.8) is 0 Å². The fourth-order valence-electron chi connectivity index (χ4n) is 1.15. The van der Waals surface area contributed by atoms with Gasteiger partial charge in [-0.1, -0.05) is 0 Å². The maximum absolute atomic E-state index is 11.4. The van der Waals surface area contributed by atoms with E-state index in [2.05, 4.69) is 16.0 Å². The minimum absolute atomic E-state index is 0.208. The highest BCUT2D eigenvalue weighted by Crippen LogP contribution is 2.14. The van der Waals surface area contributed by atoms with E-state index in [9.17, 15) is 4.79 Å². The standard InChI is InChI=1S/C11H17N3O2/c1-12-7-8-13-11(15)14-9-3-5-10(16-2)6-4-9/h3-6,12H,7-8H2,1-2H3,(H2,13,14,15). The molecule has 0 bridgehead atoms. The number of carbonyl (C=O) groups excluding carboxylic acids is 1. The Morgan fingerprint density at radius 1 is 1.25 bits per heavy atom. The second-order valence-electron chi connectivity index (χ2n) is 3.21. The Hall–Kier alpha value is -1.75. The molecular weight excluding hydrogens is 206 g/mol. The van der Waals surface area contributed by atoms with Crippen LogP contribution in [0.15, 0.2) is 24.3 Å². The average Bonchev–Trinajstić information content (AvgIpc) is 2.30. The van der Waals surface area contributed by atoms with Crippen LogP contribution in [0, 0.1) is 0 Å². The van der Waals surface area contributed by atoms with Gasteiger partial charge in [0, 0.05) is 18.8 Å². The van der Waals surface area contributed by atoms with Crippen molar-refractivity contribution in [2.45, 2.75) is 0 Å². The number of amides is 2. The maximum Gasteiger partial charge on any atom is 0.319 e. The van der Waals surface area contributed by atoms with Gasteiger partial charge >= 0.3 is 6.03 Å². The zero-order valence-electron chi connectivity index (χ0n) is 9.54. The van der Waals surface area contributed by atoms with E-state index in [1.54, 1.807) is 31.4 Å².